The number of aliphatic hydroxyl groups is 1. The van der Waals surface area contributed by atoms with Crippen molar-refractivity contribution in [2.75, 3.05) is 0 Å². The molecular weight excluding hydrogens is 252 g/mol. The van der Waals surface area contributed by atoms with Gasteiger partial charge in [0.05, 0.1) is 16.4 Å². The number of benzene rings is 1. The highest BCUT2D eigenvalue weighted by molar-refractivity contribution is 7.92. The molecule has 0 aliphatic rings. The van der Waals surface area contributed by atoms with Gasteiger partial charge < -0.3 is 9.52 Å². The third-order valence-electron chi connectivity index (χ3n) is 2.84. The Balaban J connectivity index is 2.31. The molecular formula is C13H14O4S. The Morgan fingerprint density at radius 3 is 2.33 bits per heavy atom. The van der Waals surface area contributed by atoms with Crippen LogP contribution in [0.5, 0.6) is 0 Å². The Morgan fingerprint density at radius 2 is 1.78 bits per heavy atom. The van der Waals surface area contributed by atoms with Gasteiger partial charge in [0.1, 0.15) is 11.9 Å². The van der Waals surface area contributed by atoms with Crippen molar-refractivity contribution in [2.45, 2.75) is 23.2 Å². The first-order chi connectivity index (χ1) is 8.53. The molecule has 0 saturated heterocycles. The first-order valence-electron chi connectivity index (χ1n) is 5.54. The normalized spacial score (nSPS) is 15.2. The number of furan rings is 1. The van der Waals surface area contributed by atoms with Crippen LogP contribution >= 0.6 is 0 Å². The highest BCUT2D eigenvalue weighted by Gasteiger charge is 2.31. The van der Waals surface area contributed by atoms with Gasteiger partial charge in [-0.15, -0.1) is 0 Å². The summed E-state index contributed by atoms with van der Waals surface area (Å²) < 4.78 is 29.6. The zero-order chi connectivity index (χ0) is 13.2. The largest absolute Gasteiger partial charge is 0.467 e. The monoisotopic (exact) mass is 266 g/mol. The topological polar surface area (TPSA) is 67.5 Å². The standard InChI is InChI=1S/C13H14O4S/c1-10(13(14)12-8-5-9-17-12)18(15,16)11-6-3-2-4-7-11/h2-10,13-14H,1H3/t10-,13+/m1/s1. The molecule has 18 heavy (non-hydrogen) atoms. The minimum atomic E-state index is -3.57. The molecule has 0 radical (unpaired) electrons. The lowest BCUT2D eigenvalue weighted by Gasteiger charge is -2.17. The maximum atomic E-state index is 12.3. The van der Waals surface area contributed by atoms with Crippen LogP contribution in [0, 0.1) is 0 Å². The molecule has 0 bridgehead atoms. The molecule has 5 heteroatoms. The van der Waals surface area contributed by atoms with Crippen molar-refractivity contribution in [3.63, 3.8) is 0 Å². The van der Waals surface area contributed by atoms with Gasteiger partial charge in [-0.25, -0.2) is 8.42 Å². The summed E-state index contributed by atoms with van der Waals surface area (Å²) >= 11 is 0. The number of rotatable bonds is 4. The van der Waals surface area contributed by atoms with Crippen LogP contribution in [0.4, 0.5) is 0 Å². The van der Waals surface area contributed by atoms with Gasteiger partial charge in [-0.1, -0.05) is 18.2 Å². The van der Waals surface area contributed by atoms with Gasteiger partial charge in [-0.05, 0) is 31.2 Å². The minimum Gasteiger partial charge on any atom is -0.467 e. The van der Waals surface area contributed by atoms with Crippen molar-refractivity contribution in [1.82, 2.24) is 0 Å². The fourth-order valence-electron chi connectivity index (χ4n) is 1.69. The summed E-state index contributed by atoms with van der Waals surface area (Å²) in [6.45, 7) is 1.47. The highest BCUT2D eigenvalue weighted by atomic mass is 32.2. The van der Waals surface area contributed by atoms with Crippen molar-refractivity contribution in [1.29, 1.82) is 0 Å². The summed E-state index contributed by atoms with van der Waals surface area (Å²) in [6.07, 6.45) is 0.227. The second kappa shape index (κ2) is 4.96. The Bertz CT molecular complexity index is 587. The van der Waals surface area contributed by atoms with Gasteiger partial charge in [-0.2, -0.15) is 0 Å². The van der Waals surface area contributed by atoms with Gasteiger partial charge in [-0.3, -0.25) is 0 Å². The lowest BCUT2D eigenvalue weighted by molar-refractivity contribution is 0.148. The predicted molar refractivity (Wildman–Crippen MR) is 66.8 cm³/mol. The third-order valence-corrected chi connectivity index (χ3v) is 5.01. The molecule has 0 amide bonds. The molecule has 1 aromatic heterocycles. The summed E-state index contributed by atoms with van der Waals surface area (Å²) in [7, 11) is -3.57. The van der Waals surface area contributed by atoms with Crippen LogP contribution < -0.4 is 0 Å². The van der Waals surface area contributed by atoms with Crippen LogP contribution in [0.3, 0.4) is 0 Å². The van der Waals surface area contributed by atoms with E-state index in [2.05, 4.69) is 0 Å². The van der Waals surface area contributed by atoms with E-state index in [1.807, 2.05) is 0 Å². The molecule has 1 N–H and O–H groups in total. The van der Waals surface area contributed by atoms with Gasteiger partial charge in [0, 0.05) is 0 Å². The van der Waals surface area contributed by atoms with Crippen LogP contribution in [-0.4, -0.2) is 18.8 Å². The van der Waals surface area contributed by atoms with Gasteiger partial charge in [0.15, 0.2) is 9.84 Å². The third kappa shape index (κ3) is 2.32. The molecule has 0 spiro atoms. The molecule has 2 atom stereocenters. The fourth-order valence-corrected chi connectivity index (χ4v) is 3.12. The van der Waals surface area contributed by atoms with E-state index in [4.69, 9.17) is 4.42 Å². The summed E-state index contributed by atoms with van der Waals surface area (Å²) in [5.41, 5.74) is 0. The summed E-state index contributed by atoms with van der Waals surface area (Å²) in [5, 5.41) is 9.04. The molecule has 4 nitrogen and oxygen atoms in total. The molecule has 0 saturated carbocycles. The van der Waals surface area contributed by atoms with Crippen molar-refractivity contribution < 1.29 is 17.9 Å². The van der Waals surface area contributed by atoms with Gasteiger partial charge in [0.25, 0.3) is 0 Å². The second-order valence-electron chi connectivity index (χ2n) is 4.02. The summed E-state index contributed by atoms with van der Waals surface area (Å²) in [6, 6.07) is 11.2. The highest BCUT2D eigenvalue weighted by Crippen LogP contribution is 2.26. The predicted octanol–water partition coefficient (Wildman–Crippen LogP) is 2.18. The molecule has 2 rings (SSSR count). The molecule has 0 unspecified atom stereocenters. The Morgan fingerprint density at radius 1 is 1.11 bits per heavy atom. The average molecular weight is 266 g/mol. The van der Waals surface area contributed by atoms with E-state index in [1.54, 1.807) is 30.3 Å². The average Bonchev–Trinajstić information content (AvgIpc) is 2.92. The van der Waals surface area contributed by atoms with E-state index in [-0.39, 0.29) is 10.7 Å². The minimum absolute atomic E-state index is 0.197. The maximum Gasteiger partial charge on any atom is 0.183 e. The van der Waals surface area contributed by atoms with Crippen molar-refractivity contribution >= 4 is 9.84 Å². The fraction of sp³-hybridized carbons (Fsp3) is 0.231. The molecule has 2 aromatic rings. The van der Waals surface area contributed by atoms with Crippen molar-refractivity contribution in [3.05, 3.63) is 54.5 Å². The molecule has 0 fully saturated rings. The Hall–Kier alpha value is -1.59. The number of hydrogen-bond donors (Lipinski definition) is 1. The quantitative estimate of drug-likeness (QED) is 0.921. The lowest BCUT2D eigenvalue weighted by Crippen LogP contribution is -2.25. The van der Waals surface area contributed by atoms with Crippen LogP contribution in [0.1, 0.15) is 18.8 Å². The van der Waals surface area contributed by atoms with Crippen LogP contribution in [0.25, 0.3) is 0 Å². The van der Waals surface area contributed by atoms with Gasteiger partial charge in [0.2, 0.25) is 0 Å². The van der Waals surface area contributed by atoms with E-state index in [9.17, 15) is 13.5 Å². The van der Waals surface area contributed by atoms with E-state index in [0.717, 1.165) is 0 Å². The molecule has 0 aliphatic carbocycles. The van der Waals surface area contributed by atoms with Crippen molar-refractivity contribution in [3.8, 4) is 0 Å². The molecule has 1 heterocycles. The summed E-state index contributed by atoms with van der Waals surface area (Å²) in [5.74, 6) is 0.252. The molecule has 0 aliphatic heterocycles. The zero-order valence-electron chi connectivity index (χ0n) is 9.85. The number of aliphatic hydroxyl groups excluding tert-OH is 1. The first-order valence-corrected chi connectivity index (χ1v) is 7.08. The Kier molecular flexibility index (Phi) is 3.54. The van der Waals surface area contributed by atoms with Crippen molar-refractivity contribution in [2.24, 2.45) is 0 Å². The van der Waals surface area contributed by atoms with Crippen LogP contribution in [0.15, 0.2) is 58.0 Å². The smallest absolute Gasteiger partial charge is 0.183 e. The SMILES string of the molecule is C[C@H]([C@H](O)c1ccco1)S(=O)(=O)c1ccccc1. The van der Waals surface area contributed by atoms with Crippen LogP contribution in [-0.2, 0) is 9.84 Å². The lowest BCUT2D eigenvalue weighted by atomic mass is 10.2. The first kappa shape index (κ1) is 12.9. The number of sulfone groups is 1. The van der Waals surface area contributed by atoms with E-state index in [1.165, 1.54) is 25.3 Å². The second-order valence-corrected chi connectivity index (χ2v) is 6.33. The maximum absolute atomic E-state index is 12.3. The van der Waals surface area contributed by atoms with E-state index < -0.39 is 21.2 Å². The van der Waals surface area contributed by atoms with E-state index in [0.29, 0.717) is 0 Å². The van der Waals surface area contributed by atoms with E-state index >= 15 is 0 Å². The molecule has 96 valence electrons. The Labute approximate surface area is 106 Å². The van der Waals surface area contributed by atoms with Gasteiger partial charge >= 0.3 is 0 Å². The number of hydrogen-bond acceptors (Lipinski definition) is 4. The molecule has 1 aromatic carbocycles. The zero-order valence-corrected chi connectivity index (χ0v) is 10.7. The summed E-state index contributed by atoms with van der Waals surface area (Å²) in [4.78, 5) is 0.197. The van der Waals surface area contributed by atoms with Crippen LogP contribution in [0.2, 0.25) is 0 Å².